The van der Waals surface area contributed by atoms with Gasteiger partial charge in [-0.1, -0.05) is 13.0 Å². The fourth-order valence-electron chi connectivity index (χ4n) is 5.09. The van der Waals surface area contributed by atoms with Crippen LogP contribution in [0, 0.1) is 6.92 Å². The maximum Gasteiger partial charge on any atom is 0.326 e. The minimum atomic E-state index is -0.868. The number of esters is 1. The number of carbonyl (C=O) groups is 1. The number of rotatable bonds is 11. The second-order valence-electron chi connectivity index (χ2n) is 10.3. The van der Waals surface area contributed by atoms with Crippen LogP contribution in [0.25, 0.3) is 0 Å². The Morgan fingerprint density at radius 2 is 2.05 bits per heavy atom. The third-order valence-electron chi connectivity index (χ3n) is 7.43. The number of anilines is 2. The van der Waals surface area contributed by atoms with Gasteiger partial charge in [0.25, 0.3) is 5.56 Å². The summed E-state index contributed by atoms with van der Waals surface area (Å²) < 4.78 is 12.7. The zero-order valence-electron chi connectivity index (χ0n) is 22.5. The van der Waals surface area contributed by atoms with Crippen molar-refractivity contribution in [2.75, 3.05) is 23.9 Å². The van der Waals surface area contributed by atoms with Gasteiger partial charge in [-0.25, -0.2) is 0 Å². The van der Waals surface area contributed by atoms with Crippen molar-refractivity contribution in [2.24, 2.45) is 7.05 Å². The number of aryl methyl sites for hydroxylation is 2. The van der Waals surface area contributed by atoms with Crippen LogP contribution < -0.4 is 21.1 Å². The SMILES string of the molecule is CCC(COC)N1c2ccc(CNC(C(=O)OC3CCC3)C(C)O)cc2NC1c1cc(C)c(=O)n(C)c1. The van der Waals surface area contributed by atoms with Crippen molar-refractivity contribution in [1.82, 2.24) is 9.88 Å². The van der Waals surface area contributed by atoms with Crippen molar-refractivity contribution < 1.29 is 19.4 Å². The molecule has 9 nitrogen and oxygen atoms in total. The number of fused-ring (bicyclic) bond motifs is 1. The first-order valence-corrected chi connectivity index (χ1v) is 13.2. The van der Waals surface area contributed by atoms with Gasteiger partial charge in [0.2, 0.25) is 0 Å². The molecule has 202 valence electrons. The lowest BCUT2D eigenvalue weighted by atomic mass is 9.96. The van der Waals surface area contributed by atoms with Crippen LogP contribution in [0.5, 0.6) is 0 Å². The van der Waals surface area contributed by atoms with Crippen LogP contribution in [0.2, 0.25) is 0 Å². The van der Waals surface area contributed by atoms with Crippen LogP contribution >= 0.6 is 0 Å². The molecule has 4 rings (SSSR count). The van der Waals surface area contributed by atoms with Gasteiger partial charge in [-0.2, -0.15) is 0 Å². The maximum atomic E-state index is 12.6. The van der Waals surface area contributed by atoms with Crippen molar-refractivity contribution in [3.63, 3.8) is 0 Å². The molecule has 1 fully saturated rings. The topological polar surface area (TPSA) is 105 Å². The van der Waals surface area contributed by atoms with Crippen LogP contribution in [0.1, 0.15) is 62.4 Å². The molecule has 0 radical (unpaired) electrons. The summed E-state index contributed by atoms with van der Waals surface area (Å²) in [4.78, 5) is 27.2. The van der Waals surface area contributed by atoms with E-state index in [1.165, 1.54) is 0 Å². The number of methoxy groups -OCH3 is 1. The predicted octanol–water partition coefficient (Wildman–Crippen LogP) is 2.98. The molecule has 2 aliphatic rings. The maximum absolute atomic E-state index is 12.6. The molecule has 0 bridgehead atoms. The molecule has 3 N–H and O–H groups in total. The summed E-state index contributed by atoms with van der Waals surface area (Å²) in [7, 11) is 3.48. The molecule has 37 heavy (non-hydrogen) atoms. The number of nitrogens with one attached hydrogen (secondary N) is 2. The van der Waals surface area contributed by atoms with Crippen LogP contribution in [-0.4, -0.2) is 53.7 Å². The fraction of sp³-hybridized carbons (Fsp3) is 0.571. The highest BCUT2D eigenvalue weighted by Crippen LogP contribution is 2.43. The van der Waals surface area contributed by atoms with E-state index in [-0.39, 0.29) is 23.9 Å². The van der Waals surface area contributed by atoms with Crippen molar-refractivity contribution in [1.29, 1.82) is 0 Å². The smallest absolute Gasteiger partial charge is 0.326 e. The van der Waals surface area contributed by atoms with Crippen molar-refractivity contribution in [3.8, 4) is 0 Å². The standard InChI is InChI=1S/C28H40N4O5/c1-6-21(16-36-5)32-24-11-10-19(14-29-25(18(3)33)28(35)37-22-8-7-9-22)13-23(24)30-26(32)20-12-17(2)27(34)31(4)15-20/h10-13,15,18,21-22,25-26,29-30,33H,6-9,14,16H2,1-5H3. The van der Waals surface area contributed by atoms with Crippen LogP contribution in [-0.2, 0) is 27.9 Å². The van der Waals surface area contributed by atoms with Gasteiger partial charge in [0.15, 0.2) is 0 Å². The summed E-state index contributed by atoms with van der Waals surface area (Å²) in [5.74, 6) is -0.402. The number of aromatic nitrogens is 1. The molecule has 2 heterocycles. The van der Waals surface area contributed by atoms with E-state index in [4.69, 9.17) is 9.47 Å². The number of carbonyl (C=O) groups excluding carboxylic acids is 1. The second-order valence-corrected chi connectivity index (χ2v) is 10.3. The quantitative estimate of drug-likeness (QED) is 0.395. The molecule has 4 unspecified atom stereocenters. The van der Waals surface area contributed by atoms with Gasteiger partial charge in [-0.3, -0.25) is 14.9 Å². The lowest BCUT2D eigenvalue weighted by molar-refractivity contribution is -0.158. The number of aliphatic hydroxyl groups is 1. The zero-order valence-corrected chi connectivity index (χ0v) is 22.5. The lowest BCUT2D eigenvalue weighted by Gasteiger charge is -2.34. The molecule has 4 atom stereocenters. The second kappa shape index (κ2) is 11.7. The third kappa shape index (κ3) is 5.84. The van der Waals surface area contributed by atoms with Gasteiger partial charge in [0, 0.05) is 38.0 Å². The van der Waals surface area contributed by atoms with Gasteiger partial charge < -0.3 is 29.4 Å². The highest BCUT2D eigenvalue weighted by molar-refractivity contribution is 5.78. The summed E-state index contributed by atoms with van der Waals surface area (Å²) in [5, 5.41) is 17.0. The molecule has 0 spiro atoms. The number of nitrogens with zero attached hydrogens (tertiary/aromatic N) is 2. The first-order valence-electron chi connectivity index (χ1n) is 13.2. The zero-order chi connectivity index (χ0) is 26.7. The number of hydrogen-bond donors (Lipinski definition) is 3. The Labute approximate surface area is 218 Å². The molecule has 2 aromatic rings. The van der Waals surface area contributed by atoms with Crippen molar-refractivity contribution >= 4 is 17.3 Å². The summed E-state index contributed by atoms with van der Waals surface area (Å²) in [6, 6.07) is 7.47. The summed E-state index contributed by atoms with van der Waals surface area (Å²) in [6.07, 6.45) is 4.58. The Balaban J connectivity index is 1.57. The van der Waals surface area contributed by atoms with Crippen molar-refractivity contribution in [3.05, 3.63) is 57.5 Å². The molecular formula is C28H40N4O5. The van der Waals surface area contributed by atoms with Crippen molar-refractivity contribution in [2.45, 2.75) is 83.5 Å². The van der Waals surface area contributed by atoms with Gasteiger partial charge in [0.1, 0.15) is 18.3 Å². The number of benzene rings is 1. The van der Waals surface area contributed by atoms with E-state index in [2.05, 4.69) is 34.6 Å². The lowest BCUT2D eigenvalue weighted by Crippen LogP contribution is -2.47. The molecule has 1 aliphatic carbocycles. The Bertz CT molecular complexity index is 1130. The number of hydrogen-bond acceptors (Lipinski definition) is 8. The average molecular weight is 513 g/mol. The van der Waals surface area contributed by atoms with E-state index < -0.39 is 18.1 Å². The van der Waals surface area contributed by atoms with E-state index in [1.807, 2.05) is 25.3 Å². The minimum absolute atomic E-state index is 0.00777. The van der Waals surface area contributed by atoms with E-state index in [0.717, 1.165) is 48.2 Å². The fourth-order valence-corrected chi connectivity index (χ4v) is 5.09. The van der Waals surface area contributed by atoms with Crippen LogP contribution in [0.4, 0.5) is 11.4 Å². The Morgan fingerprint density at radius 3 is 2.65 bits per heavy atom. The molecule has 9 heteroatoms. The van der Waals surface area contributed by atoms with Gasteiger partial charge in [-0.05, 0) is 63.3 Å². The molecular weight excluding hydrogens is 472 g/mol. The Kier molecular flexibility index (Phi) is 8.56. The first-order chi connectivity index (χ1) is 17.7. The number of ether oxygens (including phenoxy) is 2. The molecule has 1 aliphatic heterocycles. The van der Waals surface area contributed by atoms with Gasteiger partial charge in [0.05, 0.1) is 30.1 Å². The average Bonchev–Trinajstić information content (AvgIpc) is 3.21. The monoisotopic (exact) mass is 512 g/mol. The summed E-state index contributed by atoms with van der Waals surface area (Å²) in [5.41, 5.74) is 4.69. The number of pyridine rings is 1. The molecule has 0 saturated heterocycles. The Morgan fingerprint density at radius 1 is 1.30 bits per heavy atom. The third-order valence-corrected chi connectivity index (χ3v) is 7.43. The highest BCUT2D eigenvalue weighted by atomic mass is 16.5. The summed E-state index contributed by atoms with van der Waals surface area (Å²) in [6.45, 7) is 6.55. The van der Waals surface area contributed by atoms with Gasteiger partial charge >= 0.3 is 5.97 Å². The van der Waals surface area contributed by atoms with Crippen LogP contribution in [0.15, 0.2) is 35.3 Å². The first kappa shape index (κ1) is 27.2. The van der Waals surface area contributed by atoms with E-state index in [1.54, 1.807) is 25.6 Å². The van der Waals surface area contributed by atoms with E-state index in [0.29, 0.717) is 18.7 Å². The minimum Gasteiger partial charge on any atom is -0.461 e. The molecule has 0 amide bonds. The molecule has 1 aromatic carbocycles. The summed E-state index contributed by atoms with van der Waals surface area (Å²) >= 11 is 0. The molecule has 1 saturated carbocycles. The Hall–Kier alpha value is -2.88. The number of aliphatic hydroxyl groups excluding tert-OH is 1. The highest BCUT2D eigenvalue weighted by Gasteiger charge is 2.35. The van der Waals surface area contributed by atoms with Gasteiger partial charge in [-0.15, -0.1) is 0 Å². The predicted molar refractivity (Wildman–Crippen MR) is 144 cm³/mol. The van der Waals surface area contributed by atoms with Crippen LogP contribution in [0.3, 0.4) is 0 Å². The van der Waals surface area contributed by atoms with E-state index >= 15 is 0 Å². The van der Waals surface area contributed by atoms with E-state index in [9.17, 15) is 14.7 Å². The largest absolute Gasteiger partial charge is 0.461 e. The normalized spacial score (nSPS) is 19.5. The molecule has 1 aromatic heterocycles.